The summed E-state index contributed by atoms with van der Waals surface area (Å²) in [6.45, 7) is 2.65. The van der Waals surface area contributed by atoms with Gasteiger partial charge in [-0.25, -0.2) is 4.79 Å². The van der Waals surface area contributed by atoms with Gasteiger partial charge in [-0.3, -0.25) is 9.59 Å². The largest absolute Gasteiger partial charge is 0.481 e. The molecule has 0 radical (unpaired) electrons. The number of hydrogen-bond donors (Lipinski definition) is 3. The Morgan fingerprint density at radius 1 is 1.33 bits per heavy atom. The van der Waals surface area contributed by atoms with Gasteiger partial charge in [-0.1, -0.05) is 6.92 Å². The Hall–Kier alpha value is -1.79. The Morgan fingerprint density at radius 3 is 2.67 bits per heavy atom. The fourth-order valence-corrected chi connectivity index (χ4v) is 2.44. The summed E-state index contributed by atoms with van der Waals surface area (Å²) in [5, 5.41) is 14.1. The molecule has 21 heavy (non-hydrogen) atoms. The first-order chi connectivity index (χ1) is 9.97. The van der Waals surface area contributed by atoms with Crippen molar-refractivity contribution in [2.45, 2.75) is 45.1 Å². The van der Waals surface area contributed by atoms with Crippen molar-refractivity contribution in [3.63, 3.8) is 0 Å². The van der Waals surface area contributed by atoms with E-state index in [1.165, 1.54) is 0 Å². The summed E-state index contributed by atoms with van der Waals surface area (Å²) in [7, 11) is 1.57. The van der Waals surface area contributed by atoms with Crippen molar-refractivity contribution in [2.75, 3.05) is 20.1 Å². The van der Waals surface area contributed by atoms with Gasteiger partial charge in [-0.15, -0.1) is 0 Å². The average molecular weight is 299 g/mol. The van der Waals surface area contributed by atoms with Crippen LogP contribution in [0.15, 0.2) is 0 Å². The van der Waals surface area contributed by atoms with Gasteiger partial charge < -0.3 is 20.6 Å². The van der Waals surface area contributed by atoms with Crippen LogP contribution in [-0.4, -0.2) is 54.1 Å². The van der Waals surface area contributed by atoms with Gasteiger partial charge in [-0.05, 0) is 32.1 Å². The number of rotatable bonds is 6. The number of carboxylic acid groups (broad SMARTS) is 1. The highest BCUT2D eigenvalue weighted by atomic mass is 16.4. The molecule has 0 aromatic rings. The SMILES string of the molecule is CNC(=O)C1CCCCN1C(=O)NCCCC(C)C(=O)O. The van der Waals surface area contributed by atoms with E-state index in [0.29, 0.717) is 32.4 Å². The normalized spacial score (nSPS) is 19.7. The van der Waals surface area contributed by atoms with E-state index in [4.69, 9.17) is 5.11 Å². The number of likely N-dealkylation sites (N-methyl/N-ethyl adjacent to an activating group) is 1. The van der Waals surface area contributed by atoms with Crippen LogP contribution >= 0.6 is 0 Å². The fourth-order valence-electron chi connectivity index (χ4n) is 2.44. The van der Waals surface area contributed by atoms with Crippen molar-refractivity contribution in [1.82, 2.24) is 15.5 Å². The zero-order valence-corrected chi connectivity index (χ0v) is 12.7. The van der Waals surface area contributed by atoms with Crippen LogP contribution in [-0.2, 0) is 9.59 Å². The minimum Gasteiger partial charge on any atom is -0.481 e. The smallest absolute Gasteiger partial charge is 0.318 e. The molecular weight excluding hydrogens is 274 g/mol. The first kappa shape index (κ1) is 17.3. The van der Waals surface area contributed by atoms with Crippen LogP contribution in [0.5, 0.6) is 0 Å². The molecule has 1 rings (SSSR count). The molecule has 1 heterocycles. The molecule has 7 heteroatoms. The van der Waals surface area contributed by atoms with Gasteiger partial charge in [-0.2, -0.15) is 0 Å². The zero-order valence-electron chi connectivity index (χ0n) is 12.7. The summed E-state index contributed by atoms with van der Waals surface area (Å²) in [5.41, 5.74) is 0. The van der Waals surface area contributed by atoms with Crippen molar-refractivity contribution in [1.29, 1.82) is 0 Å². The number of likely N-dealkylation sites (tertiary alicyclic amines) is 1. The first-order valence-corrected chi connectivity index (χ1v) is 7.46. The second-order valence-electron chi connectivity index (χ2n) is 5.43. The van der Waals surface area contributed by atoms with E-state index in [2.05, 4.69) is 10.6 Å². The molecule has 1 aliphatic heterocycles. The molecule has 1 saturated heterocycles. The first-order valence-electron chi connectivity index (χ1n) is 7.46. The Labute approximate surface area is 125 Å². The molecule has 2 unspecified atom stereocenters. The number of carboxylic acids is 1. The molecule has 1 fully saturated rings. The van der Waals surface area contributed by atoms with E-state index in [1.54, 1.807) is 18.9 Å². The van der Waals surface area contributed by atoms with E-state index in [1.807, 2.05) is 0 Å². The quantitative estimate of drug-likeness (QED) is 0.632. The molecular formula is C14H25N3O4. The van der Waals surface area contributed by atoms with Crippen LogP contribution in [0.3, 0.4) is 0 Å². The maximum absolute atomic E-state index is 12.1. The van der Waals surface area contributed by atoms with E-state index >= 15 is 0 Å². The lowest BCUT2D eigenvalue weighted by molar-refractivity contribution is -0.141. The minimum absolute atomic E-state index is 0.135. The van der Waals surface area contributed by atoms with Gasteiger partial charge in [0.2, 0.25) is 5.91 Å². The highest BCUT2D eigenvalue weighted by Crippen LogP contribution is 2.17. The van der Waals surface area contributed by atoms with Gasteiger partial charge in [0, 0.05) is 20.1 Å². The van der Waals surface area contributed by atoms with E-state index in [0.717, 1.165) is 12.8 Å². The number of aliphatic carboxylic acids is 1. The summed E-state index contributed by atoms with van der Waals surface area (Å²) in [4.78, 5) is 36.2. The van der Waals surface area contributed by atoms with E-state index in [9.17, 15) is 14.4 Å². The monoisotopic (exact) mass is 299 g/mol. The van der Waals surface area contributed by atoms with Crippen molar-refractivity contribution in [3.8, 4) is 0 Å². The Morgan fingerprint density at radius 2 is 2.05 bits per heavy atom. The van der Waals surface area contributed by atoms with Gasteiger partial charge in [0.05, 0.1) is 5.92 Å². The molecule has 7 nitrogen and oxygen atoms in total. The molecule has 120 valence electrons. The Bertz CT molecular complexity index is 386. The van der Waals surface area contributed by atoms with Gasteiger partial charge in [0.25, 0.3) is 0 Å². The molecule has 0 aliphatic carbocycles. The summed E-state index contributed by atoms with van der Waals surface area (Å²) in [6, 6.07) is -0.645. The van der Waals surface area contributed by atoms with Crippen LogP contribution in [0.2, 0.25) is 0 Å². The molecule has 0 saturated carbocycles. The van der Waals surface area contributed by atoms with Crippen LogP contribution in [0, 0.1) is 5.92 Å². The number of carbonyl (C=O) groups excluding carboxylic acids is 2. The number of urea groups is 1. The lowest BCUT2D eigenvalue weighted by Gasteiger charge is -2.34. The fraction of sp³-hybridized carbons (Fsp3) is 0.786. The molecule has 0 spiro atoms. The lowest BCUT2D eigenvalue weighted by atomic mass is 10.0. The number of nitrogens with one attached hydrogen (secondary N) is 2. The molecule has 2 atom stereocenters. The third-order valence-corrected chi connectivity index (χ3v) is 3.82. The van der Waals surface area contributed by atoms with E-state index in [-0.39, 0.29) is 11.9 Å². The molecule has 0 aromatic carbocycles. The molecule has 1 aliphatic rings. The standard InChI is InChI=1S/C14H25N3O4/c1-10(13(19)20)6-5-8-16-14(21)17-9-4-3-7-11(17)12(18)15-2/h10-11H,3-9H2,1-2H3,(H,15,18)(H,16,21)(H,19,20). The lowest BCUT2D eigenvalue weighted by Crippen LogP contribution is -2.54. The second-order valence-corrected chi connectivity index (χ2v) is 5.43. The number of amides is 3. The Balaban J connectivity index is 2.38. The summed E-state index contributed by atoms with van der Waals surface area (Å²) >= 11 is 0. The van der Waals surface area contributed by atoms with Crippen LogP contribution in [0.1, 0.15) is 39.0 Å². The van der Waals surface area contributed by atoms with E-state index < -0.39 is 17.9 Å². The second kappa shape index (κ2) is 8.49. The van der Waals surface area contributed by atoms with Crippen LogP contribution < -0.4 is 10.6 Å². The highest BCUT2D eigenvalue weighted by Gasteiger charge is 2.31. The topological polar surface area (TPSA) is 98.7 Å². The van der Waals surface area contributed by atoms with Crippen molar-refractivity contribution < 1.29 is 19.5 Å². The highest BCUT2D eigenvalue weighted by molar-refractivity contribution is 5.87. The van der Waals surface area contributed by atoms with Crippen molar-refractivity contribution >= 4 is 17.9 Å². The summed E-state index contributed by atoms with van der Waals surface area (Å²) in [6.07, 6.45) is 3.66. The summed E-state index contributed by atoms with van der Waals surface area (Å²) < 4.78 is 0. The maximum atomic E-state index is 12.1. The molecule has 3 amide bonds. The number of piperidine rings is 1. The third-order valence-electron chi connectivity index (χ3n) is 3.82. The Kier molecular flexibility index (Phi) is 6.98. The van der Waals surface area contributed by atoms with Gasteiger partial charge >= 0.3 is 12.0 Å². The van der Waals surface area contributed by atoms with Gasteiger partial charge in [0.1, 0.15) is 6.04 Å². The number of carbonyl (C=O) groups is 3. The predicted molar refractivity (Wildman–Crippen MR) is 77.8 cm³/mol. The number of hydrogen-bond acceptors (Lipinski definition) is 3. The van der Waals surface area contributed by atoms with Gasteiger partial charge in [0.15, 0.2) is 0 Å². The van der Waals surface area contributed by atoms with Crippen molar-refractivity contribution in [2.24, 2.45) is 5.92 Å². The third kappa shape index (κ3) is 5.24. The predicted octanol–water partition coefficient (Wildman–Crippen LogP) is 0.797. The number of nitrogens with zero attached hydrogens (tertiary/aromatic N) is 1. The average Bonchev–Trinajstić information content (AvgIpc) is 2.50. The van der Waals surface area contributed by atoms with Crippen LogP contribution in [0.25, 0.3) is 0 Å². The molecule has 0 aromatic heterocycles. The molecule has 0 bridgehead atoms. The minimum atomic E-state index is -0.822. The molecule has 3 N–H and O–H groups in total. The zero-order chi connectivity index (χ0) is 15.8. The van der Waals surface area contributed by atoms with Crippen molar-refractivity contribution in [3.05, 3.63) is 0 Å². The van der Waals surface area contributed by atoms with Crippen LogP contribution in [0.4, 0.5) is 4.79 Å². The maximum Gasteiger partial charge on any atom is 0.318 e. The summed E-state index contributed by atoms with van der Waals surface area (Å²) in [5.74, 6) is -1.36.